The SMILES string of the molecule is Cc1cc(Oc2coc3cc(OC(=O)C(c4ccccc4)c4ccccc4)ccc3c2=O)cc(C)c1Cl. The summed E-state index contributed by atoms with van der Waals surface area (Å²) in [5.74, 6) is -0.231. The molecule has 0 fully saturated rings. The van der Waals surface area contributed by atoms with Gasteiger partial charge in [0.05, 0.1) is 5.39 Å². The van der Waals surface area contributed by atoms with Gasteiger partial charge in [-0.3, -0.25) is 9.59 Å². The van der Waals surface area contributed by atoms with Gasteiger partial charge in [0.15, 0.2) is 0 Å². The molecule has 0 spiro atoms. The number of fused-ring (bicyclic) bond motifs is 1. The highest BCUT2D eigenvalue weighted by atomic mass is 35.5. The highest BCUT2D eigenvalue weighted by Gasteiger charge is 2.25. The Kier molecular flexibility index (Phi) is 6.80. The molecular weight excluding hydrogens is 488 g/mol. The minimum atomic E-state index is -0.604. The predicted molar refractivity (Wildman–Crippen MR) is 144 cm³/mol. The maximum absolute atomic E-state index is 13.3. The number of halogens is 1. The lowest BCUT2D eigenvalue weighted by Gasteiger charge is -2.17. The largest absolute Gasteiger partial charge is 0.460 e. The van der Waals surface area contributed by atoms with E-state index in [1.54, 1.807) is 24.3 Å². The Morgan fingerprint density at radius 3 is 2.00 bits per heavy atom. The van der Waals surface area contributed by atoms with Gasteiger partial charge in [0, 0.05) is 11.1 Å². The number of carbonyl (C=O) groups excluding carboxylic acids is 1. The van der Waals surface area contributed by atoms with Gasteiger partial charge >= 0.3 is 5.97 Å². The minimum Gasteiger partial charge on any atom is -0.460 e. The third-order valence-corrected chi connectivity index (χ3v) is 6.67. The lowest BCUT2D eigenvalue weighted by atomic mass is 9.91. The Balaban J connectivity index is 1.42. The van der Waals surface area contributed by atoms with Crippen LogP contribution in [0, 0.1) is 13.8 Å². The zero-order chi connectivity index (χ0) is 25.9. The van der Waals surface area contributed by atoms with E-state index in [4.69, 9.17) is 25.5 Å². The maximum Gasteiger partial charge on any atom is 0.323 e. The number of rotatable bonds is 6. The fourth-order valence-electron chi connectivity index (χ4n) is 4.25. The molecule has 0 aliphatic heterocycles. The molecule has 0 radical (unpaired) electrons. The molecule has 1 heterocycles. The molecule has 0 unspecified atom stereocenters. The molecule has 1 aromatic heterocycles. The highest BCUT2D eigenvalue weighted by molar-refractivity contribution is 6.32. The third kappa shape index (κ3) is 5.13. The molecule has 0 aliphatic carbocycles. The van der Waals surface area contributed by atoms with Crippen molar-refractivity contribution >= 4 is 28.5 Å². The number of ether oxygens (including phenoxy) is 2. The Morgan fingerprint density at radius 2 is 1.41 bits per heavy atom. The molecule has 4 aromatic carbocycles. The van der Waals surface area contributed by atoms with Gasteiger partial charge < -0.3 is 13.9 Å². The van der Waals surface area contributed by atoms with Crippen LogP contribution in [-0.4, -0.2) is 5.97 Å². The van der Waals surface area contributed by atoms with Crippen molar-refractivity contribution in [2.24, 2.45) is 0 Å². The molecule has 0 atom stereocenters. The molecule has 0 saturated carbocycles. The standard InChI is InChI=1S/C31H23ClO5/c1-19-15-24(16-20(2)29(19)32)36-27-18-35-26-17-23(13-14-25(26)30(27)33)37-31(34)28(21-9-5-3-6-10-21)22-11-7-4-8-12-22/h3-18,28H,1-2H3. The number of aryl methyl sites for hydroxylation is 2. The summed E-state index contributed by atoms with van der Waals surface area (Å²) in [6, 6.07) is 27.1. The van der Waals surface area contributed by atoms with Crippen LogP contribution < -0.4 is 14.9 Å². The van der Waals surface area contributed by atoms with Crippen LogP contribution in [0.3, 0.4) is 0 Å². The number of benzene rings is 4. The summed E-state index contributed by atoms with van der Waals surface area (Å²) in [5.41, 5.74) is 3.27. The molecule has 0 bridgehead atoms. The Labute approximate surface area is 218 Å². The average Bonchev–Trinajstić information content (AvgIpc) is 2.90. The quantitative estimate of drug-likeness (QED) is 0.174. The summed E-state index contributed by atoms with van der Waals surface area (Å²) in [4.78, 5) is 26.4. The average molecular weight is 511 g/mol. The molecular formula is C31H23ClO5. The van der Waals surface area contributed by atoms with Gasteiger partial charge in [0.2, 0.25) is 11.2 Å². The summed E-state index contributed by atoms with van der Waals surface area (Å²) < 4.78 is 17.2. The van der Waals surface area contributed by atoms with Crippen LogP contribution >= 0.6 is 11.6 Å². The minimum absolute atomic E-state index is 0.0478. The van der Waals surface area contributed by atoms with Crippen LogP contribution in [0.1, 0.15) is 28.2 Å². The molecule has 0 aliphatic rings. The fourth-order valence-corrected chi connectivity index (χ4v) is 4.36. The summed E-state index contributed by atoms with van der Waals surface area (Å²) in [7, 11) is 0. The topological polar surface area (TPSA) is 65.7 Å². The van der Waals surface area contributed by atoms with E-state index in [1.807, 2.05) is 74.5 Å². The summed E-state index contributed by atoms with van der Waals surface area (Å²) in [6.07, 6.45) is 1.26. The van der Waals surface area contributed by atoms with Crippen LogP contribution in [0.25, 0.3) is 11.0 Å². The number of hydrogen-bond acceptors (Lipinski definition) is 5. The predicted octanol–water partition coefficient (Wildman–Crippen LogP) is 7.59. The van der Waals surface area contributed by atoms with E-state index in [0.29, 0.717) is 16.2 Å². The van der Waals surface area contributed by atoms with Crippen molar-refractivity contribution in [1.82, 2.24) is 0 Å². The lowest BCUT2D eigenvalue weighted by molar-refractivity contribution is -0.135. The van der Waals surface area contributed by atoms with Crippen molar-refractivity contribution in [1.29, 1.82) is 0 Å². The summed E-state index contributed by atoms with van der Waals surface area (Å²) in [5, 5.41) is 0.962. The molecule has 0 saturated heterocycles. The van der Waals surface area contributed by atoms with Gasteiger partial charge in [0.25, 0.3) is 0 Å². The summed E-state index contributed by atoms with van der Waals surface area (Å²) in [6.45, 7) is 3.74. The van der Waals surface area contributed by atoms with Crippen molar-refractivity contribution in [3.05, 3.63) is 135 Å². The maximum atomic E-state index is 13.3. The van der Waals surface area contributed by atoms with Gasteiger partial charge in [-0.05, 0) is 60.4 Å². The normalized spacial score (nSPS) is 11.0. The monoisotopic (exact) mass is 510 g/mol. The second kappa shape index (κ2) is 10.3. The van der Waals surface area contributed by atoms with Crippen LogP contribution in [-0.2, 0) is 4.79 Å². The zero-order valence-corrected chi connectivity index (χ0v) is 21.0. The van der Waals surface area contributed by atoms with E-state index < -0.39 is 11.9 Å². The van der Waals surface area contributed by atoms with Crippen molar-refractivity contribution in [2.75, 3.05) is 0 Å². The second-order valence-corrected chi connectivity index (χ2v) is 9.11. The van der Waals surface area contributed by atoms with Crippen molar-refractivity contribution < 1.29 is 18.7 Å². The molecule has 0 N–H and O–H groups in total. The second-order valence-electron chi connectivity index (χ2n) is 8.74. The van der Waals surface area contributed by atoms with E-state index in [0.717, 1.165) is 22.3 Å². The molecule has 5 rings (SSSR count). The number of esters is 1. The first-order chi connectivity index (χ1) is 17.9. The van der Waals surface area contributed by atoms with Crippen LogP contribution in [0.5, 0.6) is 17.2 Å². The third-order valence-electron chi connectivity index (χ3n) is 6.07. The van der Waals surface area contributed by atoms with Crippen LogP contribution in [0.15, 0.2) is 106 Å². The molecule has 5 aromatic rings. The molecule has 0 amide bonds. The first-order valence-corrected chi connectivity index (χ1v) is 12.1. The van der Waals surface area contributed by atoms with E-state index in [1.165, 1.54) is 12.3 Å². The fraction of sp³-hybridized carbons (Fsp3) is 0.0968. The van der Waals surface area contributed by atoms with Crippen molar-refractivity contribution in [3.8, 4) is 17.2 Å². The van der Waals surface area contributed by atoms with E-state index in [9.17, 15) is 9.59 Å². The molecule has 5 nitrogen and oxygen atoms in total. The van der Waals surface area contributed by atoms with E-state index >= 15 is 0 Å². The van der Waals surface area contributed by atoms with E-state index in [2.05, 4.69) is 0 Å². The van der Waals surface area contributed by atoms with Crippen molar-refractivity contribution in [2.45, 2.75) is 19.8 Å². The Bertz CT molecular complexity index is 1580. The highest BCUT2D eigenvalue weighted by Crippen LogP contribution is 2.31. The smallest absolute Gasteiger partial charge is 0.323 e. The molecule has 184 valence electrons. The number of hydrogen-bond donors (Lipinski definition) is 0. The van der Waals surface area contributed by atoms with Gasteiger partial charge in [-0.1, -0.05) is 72.3 Å². The summed E-state index contributed by atoms with van der Waals surface area (Å²) >= 11 is 6.23. The first-order valence-electron chi connectivity index (χ1n) is 11.7. The number of carbonyl (C=O) groups is 1. The van der Waals surface area contributed by atoms with Gasteiger partial charge in [0.1, 0.15) is 29.3 Å². The first kappa shape index (κ1) is 24.3. The zero-order valence-electron chi connectivity index (χ0n) is 20.2. The van der Waals surface area contributed by atoms with Gasteiger partial charge in [-0.25, -0.2) is 0 Å². The van der Waals surface area contributed by atoms with E-state index in [-0.39, 0.29) is 22.5 Å². The van der Waals surface area contributed by atoms with Crippen LogP contribution in [0.4, 0.5) is 0 Å². The Hall–Kier alpha value is -4.35. The van der Waals surface area contributed by atoms with Crippen molar-refractivity contribution in [3.63, 3.8) is 0 Å². The van der Waals surface area contributed by atoms with Crippen LogP contribution in [0.2, 0.25) is 5.02 Å². The molecule has 37 heavy (non-hydrogen) atoms. The Morgan fingerprint density at radius 1 is 0.811 bits per heavy atom. The van der Waals surface area contributed by atoms with Gasteiger partial charge in [-0.2, -0.15) is 0 Å². The lowest BCUT2D eigenvalue weighted by Crippen LogP contribution is -2.20. The van der Waals surface area contributed by atoms with Gasteiger partial charge in [-0.15, -0.1) is 0 Å². The molecule has 6 heteroatoms.